The third-order valence-electron chi connectivity index (χ3n) is 2.73. The number of halogens is 2. The molecule has 1 aromatic carbocycles. The SMILES string of the molecule is C[Si](C)(C)C#CCc1cc(Cl)c(Cl)cc1CC#C[Si](C)(C)C. The Bertz CT molecular complexity index is 598. The predicted molar refractivity (Wildman–Crippen MR) is 106 cm³/mol. The van der Waals surface area contributed by atoms with Crippen LogP contribution in [-0.2, 0) is 12.8 Å². The molecule has 0 fully saturated rings. The highest BCUT2D eigenvalue weighted by Crippen LogP contribution is 2.26. The van der Waals surface area contributed by atoms with Crippen molar-refractivity contribution >= 4 is 39.3 Å². The van der Waals surface area contributed by atoms with Gasteiger partial charge in [0.05, 0.1) is 10.0 Å². The van der Waals surface area contributed by atoms with Crippen molar-refractivity contribution in [3.05, 3.63) is 33.3 Å². The Morgan fingerprint density at radius 2 is 1.05 bits per heavy atom. The van der Waals surface area contributed by atoms with Crippen LogP contribution in [0.3, 0.4) is 0 Å². The lowest BCUT2D eigenvalue weighted by molar-refractivity contribution is 1.19. The summed E-state index contributed by atoms with van der Waals surface area (Å²) >= 11 is 12.3. The first-order chi connectivity index (χ1) is 9.98. The van der Waals surface area contributed by atoms with Crippen LogP contribution in [0.15, 0.2) is 12.1 Å². The molecule has 0 radical (unpaired) electrons. The summed E-state index contributed by atoms with van der Waals surface area (Å²) in [4.78, 5) is 0. The molecule has 0 saturated carbocycles. The Kier molecular flexibility index (Phi) is 6.84. The van der Waals surface area contributed by atoms with E-state index in [1.807, 2.05) is 12.1 Å². The van der Waals surface area contributed by atoms with Crippen LogP contribution < -0.4 is 0 Å². The fraction of sp³-hybridized carbons (Fsp3) is 0.444. The highest BCUT2D eigenvalue weighted by Gasteiger charge is 2.10. The van der Waals surface area contributed by atoms with Gasteiger partial charge in [-0.3, -0.25) is 0 Å². The van der Waals surface area contributed by atoms with E-state index in [4.69, 9.17) is 23.2 Å². The van der Waals surface area contributed by atoms with Crippen LogP contribution in [0.5, 0.6) is 0 Å². The van der Waals surface area contributed by atoms with E-state index in [9.17, 15) is 0 Å². The van der Waals surface area contributed by atoms with Crippen LogP contribution in [0.1, 0.15) is 11.1 Å². The van der Waals surface area contributed by atoms with Gasteiger partial charge in [0.25, 0.3) is 0 Å². The molecule has 4 heteroatoms. The minimum atomic E-state index is -1.35. The van der Waals surface area contributed by atoms with Crippen molar-refractivity contribution in [2.75, 3.05) is 0 Å². The summed E-state index contributed by atoms with van der Waals surface area (Å²) in [7, 11) is -2.69. The maximum Gasteiger partial charge on any atom is 0.129 e. The lowest BCUT2D eigenvalue weighted by Crippen LogP contribution is -2.16. The summed E-state index contributed by atoms with van der Waals surface area (Å²) in [6.07, 6.45) is 1.43. The third-order valence-corrected chi connectivity index (χ3v) is 5.30. The number of hydrogen-bond donors (Lipinski definition) is 0. The van der Waals surface area contributed by atoms with E-state index in [0.717, 1.165) is 11.1 Å². The Balaban J connectivity index is 3.06. The first-order valence-corrected chi connectivity index (χ1v) is 15.2. The fourth-order valence-electron chi connectivity index (χ4n) is 1.77. The third kappa shape index (κ3) is 7.57. The molecule has 1 aromatic rings. The van der Waals surface area contributed by atoms with Crippen molar-refractivity contribution in [1.29, 1.82) is 0 Å². The van der Waals surface area contributed by atoms with Crippen molar-refractivity contribution in [3.8, 4) is 22.9 Å². The van der Waals surface area contributed by atoms with Crippen LogP contribution in [0.25, 0.3) is 0 Å². The summed E-state index contributed by atoms with van der Waals surface area (Å²) in [6, 6.07) is 3.88. The molecule has 0 saturated heterocycles. The summed E-state index contributed by atoms with van der Waals surface area (Å²) < 4.78 is 0. The molecule has 0 spiro atoms. The zero-order valence-corrected chi connectivity index (χ0v) is 17.8. The molecule has 0 atom stereocenters. The van der Waals surface area contributed by atoms with E-state index in [0.29, 0.717) is 22.9 Å². The molecule has 0 bridgehead atoms. The highest BCUT2D eigenvalue weighted by atomic mass is 35.5. The van der Waals surface area contributed by atoms with Crippen LogP contribution >= 0.6 is 23.2 Å². The Morgan fingerprint density at radius 3 is 1.32 bits per heavy atom. The number of hydrogen-bond acceptors (Lipinski definition) is 0. The monoisotopic (exact) mass is 366 g/mol. The molecular weight excluding hydrogens is 343 g/mol. The minimum Gasteiger partial charge on any atom is -0.132 e. The van der Waals surface area contributed by atoms with E-state index in [2.05, 4.69) is 62.2 Å². The molecule has 22 heavy (non-hydrogen) atoms. The normalized spacial score (nSPS) is 11.3. The second kappa shape index (κ2) is 7.76. The fourth-order valence-corrected chi connectivity index (χ4v) is 3.38. The Hall–Kier alpha value is -0.646. The molecule has 0 amide bonds. The molecule has 0 aliphatic rings. The second-order valence-electron chi connectivity index (χ2n) is 7.49. The van der Waals surface area contributed by atoms with Gasteiger partial charge >= 0.3 is 0 Å². The maximum atomic E-state index is 6.16. The summed E-state index contributed by atoms with van der Waals surface area (Å²) in [6.45, 7) is 13.5. The molecule has 0 aromatic heterocycles. The van der Waals surface area contributed by atoms with Crippen LogP contribution in [0, 0.1) is 22.9 Å². The van der Waals surface area contributed by atoms with Crippen LogP contribution in [0.4, 0.5) is 0 Å². The summed E-state index contributed by atoms with van der Waals surface area (Å²) in [5, 5.41) is 1.18. The standard InChI is InChI=1S/C18H24Cl2Si2/c1-21(2,3)11-7-9-15-13-17(19)18(20)14-16(15)10-8-12-22(4,5)6/h13-14H,9-10H2,1-6H3. The molecule has 0 nitrogen and oxygen atoms in total. The number of benzene rings is 1. The molecule has 0 unspecified atom stereocenters. The van der Waals surface area contributed by atoms with Gasteiger partial charge in [-0.25, -0.2) is 0 Å². The smallest absolute Gasteiger partial charge is 0.129 e. The van der Waals surface area contributed by atoms with Gasteiger partial charge in [0.2, 0.25) is 0 Å². The van der Waals surface area contributed by atoms with Gasteiger partial charge in [0.15, 0.2) is 0 Å². The molecule has 0 N–H and O–H groups in total. The van der Waals surface area contributed by atoms with Gasteiger partial charge in [-0.2, -0.15) is 0 Å². The Labute approximate surface area is 147 Å². The van der Waals surface area contributed by atoms with Crippen molar-refractivity contribution < 1.29 is 0 Å². The molecule has 0 aliphatic heterocycles. The maximum absolute atomic E-state index is 6.16. The lowest BCUT2D eigenvalue weighted by Gasteiger charge is -2.09. The lowest BCUT2D eigenvalue weighted by atomic mass is 10.0. The van der Waals surface area contributed by atoms with E-state index >= 15 is 0 Å². The average Bonchev–Trinajstić information content (AvgIpc) is 2.31. The predicted octanol–water partition coefficient (Wildman–Crippen LogP) is 5.84. The molecule has 0 aliphatic carbocycles. The molecule has 1 rings (SSSR count). The van der Waals surface area contributed by atoms with Crippen molar-refractivity contribution in [1.82, 2.24) is 0 Å². The summed E-state index contributed by atoms with van der Waals surface area (Å²) in [5.74, 6) is 6.61. The van der Waals surface area contributed by atoms with Crippen LogP contribution in [-0.4, -0.2) is 16.1 Å². The minimum absolute atomic E-state index is 0.591. The second-order valence-corrected chi connectivity index (χ2v) is 17.8. The zero-order chi connectivity index (χ0) is 17.0. The van der Waals surface area contributed by atoms with Crippen molar-refractivity contribution in [3.63, 3.8) is 0 Å². The van der Waals surface area contributed by atoms with Crippen molar-refractivity contribution in [2.45, 2.75) is 52.1 Å². The van der Waals surface area contributed by atoms with Gasteiger partial charge < -0.3 is 0 Å². The summed E-state index contributed by atoms with van der Waals surface area (Å²) in [5.41, 5.74) is 9.08. The van der Waals surface area contributed by atoms with E-state index in [1.165, 1.54) is 0 Å². The topological polar surface area (TPSA) is 0 Å². The van der Waals surface area contributed by atoms with Gasteiger partial charge in [0, 0.05) is 12.8 Å². The van der Waals surface area contributed by atoms with Gasteiger partial charge in [-0.1, -0.05) is 62.5 Å². The molecule has 0 heterocycles. The van der Waals surface area contributed by atoms with E-state index in [1.54, 1.807) is 0 Å². The highest BCUT2D eigenvalue weighted by molar-refractivity contribution is 6.84. The van der Waals surface area contributed by atoms with Crippen molar-refractivity contribution in [2.24, 2.45) is 0 Å². The molecular formula is C18H24Cl2Si2. The zero-order valence-electron chi connectivity index (χ0n) is 14.3. The first-order valence-electron chi connectivity index (χ1n) is 7.45. The molecule has 118 valence electrons. The Morgan fingerprint density at radius 1 is 0.727 bits per heavy atom. The van der Waals surface area contributed by atoms with Gasteiger partial charge in [-0.15, -0.1) is 22.9 Å². The first kappa shape index (κ1) is 19.4. The quantitative estimate of drug-likeness (QED) is 0.455. The van der Waals surface area contributed by atoms with Gasteiger partial charge in [-0.05, 0) is 23.3 Å². The van der Waals surface area contributed by atoms with Gasteiger partial charge in [0.1, 0.15) is 16.1 Å². The van der Waals surface area contributed by atoms with E-state index < -0.39 is 16.1 Å². The number of rotatable bonds is 2. The van der Waals surface area contributed by atoms with E-state index in [-0.39, 0.29) is 0 Å². The largest absolute Gasteiger partial charge is 0.132 e. The van der Waals surface area contributed by atoms with Crippen LogP contribution in [0.2, 0.25) is 49.3 Å². The average molecular weight is 367 g/mol.